The van der Waals surface area contributed by atoms with Gasteiger partial charge in [-0.1, -0.05) is 0 Å². The van der Waals surface area contributed by atoms with E-state index < -0.39 is 30.3 Å². The number of alkyl halides is 2. The second-order valence-electron chi connectivity index (χ2n) is 3.09. The summed E-state index contributed by atoms with van der Waals surface area (Å²) in [6, 6.07) is 0.863. The van der Waals surface area contributed by atoms with E-state index in [9.17, 15) is 18.0 Å². The summed E-state index contributed by atoms with van der Waals surface area (Å²) in [7, 11) is 0. The number of aromatic nitrogens is 1. The molecule has 0 saturated carbocycles. The number of nitrogens with zero attached hydrogens (tertiary/aromatic N) is 1. The highest BCUT2D eigenvalue weighted by Crippen LogP contribution is 2.24. The standard InChI is InChI=1S/C10H9BrF3NO2/c1-2-17-7(16)4-5-3-6(10(13)14)15-9(11)8(5)12/h3,10H,2,4H2,1H3. The molecule has 0 amide bonds. The SMILES string of the molecule is CCOC(=O)Cc1cc(C(F)F)nc(Br)c1F. The number of esters is 1. The van der Waals surface area contributed by atoms with Gasteiger partial charge in [0, 0.05) is 5.56 Å². The quantitative estimate of drug-likeness (QED) is 0.634. The van der Waals surface area contributed by atoms with Crippen molar-refractivity contribution in [2.24, 2.45) is 0 Å². The van der Waals surface area contributed by atoms with Crippen LogP contribution < -0.4 is 0 Å². The monoisotopic (exact) mass is 311 g/mol. The third kappa shape index (κ3) is 3.69. The lowest BCUT2D eigenvalue weighted by molar-refractivity contribution is -0.142. The summed E-state index contributed by atoms with van der Waals surface area (Å²) in [5.74, 6) is -1.51. The number of pyridine rings is 1. The molecule has 0 aliphatic heterocycles. The van der Waals surface area contributed by atoms with Crippen LogP contribution >= 0.6 is 15.9 Å². The zero-order valence-corrected chi connectivity index (χ0v) is 10.4. The maximum atomic E-state index is 13.5. The molecule has 0 atom stereocenters. The van der Waals surface area contributed by atoms with E-state index in [4.69, 9.17) is 0 Å². The minimum absolute atomic E-state index is 0.147. The van der Waals surface area contributed by atoms with Gasteiger partial charge in [0.05, 0.1) is 13.0 Å². The summed E-state index contributed by atoms with van der Waals surface area (Å²) in [6.07, 6.45) is -3.23. The molecule has 1 aromatic heterocycles. The van der Waals surface area contributed by atoms with E-state index in [0.29, 0.717) is 0 Å². The molecule has 0 unspecified atom stereocenters. The Kier molecular flexibility index (Phi) is 4.92. The van der Waals surface area contributed by atoms with Crippen molar-refractivity contribution in [3.8, 4) is 0 Å². The first kappa shape index (κ1) is 14.0. The Morgan fingerprint density at radius 1 is 1.59 bits per heavy atom. The molecule has 0 aromatic carbocycles. The van der Waals surface area contributed by atoms with Crippen LogP contribution in [0.15, 0.2) is 10.7 Å². The molecule has 0 spiro atoms. The van der Waals surface area contributed by atoms with E-state index >= 15 is 0 Å². The molecule has 0 bridgehead atoms. The summed E-state index contributed by atoms with van der Waals surface area (Å²) in [6.45, 7) is 1.75. The van der Waals surface area contributed by atoms with Crippen LogP contribution in [0, 0.1) is 5.82 Å². The Balaban J connectivity index is 3.01. The summed E-state index contributed by atoms with van der Waals surface area (Å²) in [4.78, 5) is 14.5. The van der Waals surface area contributed by atoms with E-state index in [1.165, 1.54) is 0 Å². The molecule has 1 heterocycles. The first-order valence-electron chi connectivity index (χ1n) is 4.74. The van der Waals surface area contributed by atoms with Crippen molar-refractivity contribution in [2.45, 2.75) is 19.8 Å². The van der Waals surface area contributed by atoms with Crippen molar-refractivity contribution in [1.82, 2.24) is 4.98 Å². The van der Waals surface area contributed by atoms with Crippen LogP contribution in [-0.2, 0) is 16.0 Å². The Labute approximate surface area is 104 Å². The van der Waals surface area contributed by atoms with Gasteiger partial charge in [-0.05, 0) is 28.9 Å². The largest absolute Gasteiger partial charge is 0.466 e. The van der Waals surface area contributed by atoms with Crippen LogP contribution in [0.1, 0.15) is 24.6 Å². The van der Waals surface area contributed by atoms with Crippen molar-refractivity contribution in [2.75, 3.05) is 6.61 Å². The van der Waals surface area contributed by atoms with Gasteiger partial charge in [-0.15, -0.1) is 0 Å². The summed E-state index contributed by atoms with van der Waals surface area (Å²) in [5, 5.41) is 0. The molecule has 1 aromatic rings. The zero-order chi connectivity index (χ0) is 13.0. The fourth-order valence-electron chi connectivity index (χ4n) is 1.18. The number of rotatable bonds is 4. The number of halogens is 4. The second kappa shape index (κ2) is 6.00. The smallest absolute Gasteiger partial charge is 0.310 e. The highest BCUT2D eigenvalue weighted by atomic mass is 79.9. The van der Waals surface area contributed by atoms with Gasteiger partial charge in [0.25, 0.3) is 6.43 Å². The van der Waals surface area contributed by atoms with Crippen LogP contribution in [-0.4, -0.2) is 17.6 Å². The highest BCUT2D eigenvalue weighted by Gasteiger charge is 2.18. The lowest BCUT2D eigenvalue weighted by Crippen LogP contribution is -2.10. The van der Waals surface area contributed by atoms with Crippen molar-refractivity contribution >= 4 is 21.9 Å². The van der Waals surface area contributed by atoms with Gasteiger partial charge >= 0.3 is 5.97 Å². The average molecular weight is 312 g/mol. The molecule has 0 aliphatic carbocycles. The molecular formula is C10H9BrF3NO2. The topological polar surface area (TPSA) is 39.2 Å². The van der Waals surface area contributed by atoms with Crippen LogP contribution in [0.5, 0.6) is 0 Å². The predicted molar refractivity (Wildman–Crippen MR) is 57.2 cm³/mol. The lowest BCUT2D eigenvalue weighted by atomic mass is 10.1. The fraction of sp³-hybridized carbons (Fsp3) is 0.400. The van der Waals surface area contributed by atoms with Gasteiger partial charge in [0.2, 0.25) is 0 Å². The normalized spacial score (nSPS) is 10.7. The summed E-state index contributed by atoms with van der Waals surface area (Å²) in [5.41, 5.74) is -0.752. The van der Waals surface area contributed by atoms with E-state index in [0.717, 1.165) is 6.07 Å². The lowest BCUT2D eigenvalue weighted by Gasteiger charge is -2.07. The van der Waals surface area contributed by atoms with Crippen LogP contribution in [0.3, 0.4) is 0 Å². The van der Waals surface area contributed by atoms with Crippen molar-refractivity contribution in [1.29, 1.82) is 0 Å². The van der Waals surface area contributed by atoms with E-state index in [2.05, 4.69) is 25.7 Å². The zero-order valence-electron chi connectivity index (χ0n) is 8.84. The highest BCUT2D eigenvalue weighted by molar-refractivity contribution is 9.10. The molecule has 0 radical (unpaired) electrons. The second-order valence-corrected chi connectivity index (χ2v) is 3.84. The fourth-order valence-corrected chi connectivity index (χ4v) is 1.64. The first-order chi connectivity index (χ1) is 7.95. The average Bonchev–Trinajstić information content (AvgIpc) is 2.24. The third-order valence-electron chi connectivity index (χ3n) is 1.88. The molecule has 7 heteroatoms. The Bertz CT molecular complexity index is 426. The van der Waals surface area contributed by atoms with Gasteiger partial charge in [0.15, 0.2) is 5.82 Å². The Morgan fingerprint density at radius 3 is 2.76 bits per heavy atom. The van der Waals surface area contributed by atoms with Gasteiger partial charge in [-0.3, -0.25) is 4.79 Å². The Hall–Kier alpha value is -1.11. The Morgan fingerprint density at radius 2 is 2.24 bits per heavy atom. The predicted octanol–water partition coefficient (Wildman–Crippen LogP) is 3.03. The van der Waals surface area contributed by atoms with Gasteiger partial charge in [0.1, 0.15) is 10.3 Å². The van der Waals surface area contributed by atoms with E-state index in [1.54, 1.807) is 6.92 Å². The molecule has 0 aliphatic rings. The van der Waals surface area contributed by atoms with E-state index in [1.807, 2.05) is 0 Å². The maximum Gasteiger partial charge on any atom is 0.310 e. The van der Waals surface area contributed by atoms with Crippen LogP contribution in [0.2, 0.25) is 0 Å². The van der Waals surface area contributed by atoms with Gasteiger partial charge in [-0.25, -0.2) is 18.2 Å². The van der Waals surface area contributed by atoms with Crippen molar-refractivity contribution < 1.29 is 22.7 Å². The molecular weight excluding hydrogens is 303 g/mol. The van der Waals surface area contributed by atoms with E-state index in [-0.39, 0.29) is 16.8 Å². The van der Waals surface area contributed by atoms with Crippen LogP contribution in [0.4, 0.5) is 13.2 Å². The minimum atomic E-state index is -2.83. The summed E-state index contributed by atoms with van der Waals surface area (Å²) >= 11 is 2.72. The van der Waals surface area contributed by atoms with Crippen molar-refractivity contribution in [3.05, 3.63) is 27.7 Å². The molecule has 0 N–H and O–H groups in total. The van der Waals surface area contributed by atoms with Gasteiger partial charge in [-0.2, -0.15) is 0 Å². The molecule has 0 fully saturated rings. The minimum Gasteiger partial charge on any atom is -0.466 e. The van der Waals surface area contributed by atoms with Crippen LogP contribution in [0.25, 0.3) is 0 Å². The van der Waals surface area contributed by atoms with Gasteiger partial charge < -0.3 is 4.74 Å². The number of carbonyl (C=O) groups excluding carboxylic acids is 1. The first-order valence-corrected chi connectivity index (χ1v) is 5.53. The third-order valence-corrected chi connectivity index (χ3v) is 2.40. The maximum absolute atomic E-state index is 13.5. The molecule has 94 valence electrons. The molecule has 17 heavy (non-hydrogen) atoms. The number of carbonyl (C=O) groups is 1. The molecule has 1 rings (SSSR count). The van der Waals surface area contributed by atoms with Crippen molar-refractivity contribution in [3.63, 3.8) is 0 Å². The summed E-state index contributed by atoms with van der Waals surface area (Å²) < 4.78 is 42.6. The molecule has 3 nitrogen and oxygen atoms in total. The molecule has 0 saturated heterocycles. The number of hydrogen-bond donors (Lipinski definition) is 0. The number of hydrogen-bond acceptors (Lipinski definition) is 3. The number of ether oxygens (including phenoxy) is 1.